The molecule has 0 saturated carbocycles. The number of nitrogens with two attached hydrogens (primary N) is 1. The highest BCUT2D eigenvalue weighted by Gasteiger charge is 2.19. The van der Waals surface area contributed by atoms with Crippen molar-refractivity contribution in [3.05, 3.63) is 46.8 Å². The molecule has 0 saturated heterocycles. The normalized spacial score (nSPS) is 10.6. The van der Waals surface area contributed by atoms with E-state index >= 15 is 0 Å². The number of ether oxygens (including phenoxy) is 1. The van der Waals surface area contributed by atoms with Gasteiger partial charge in [-0.2, -0.15) is 5.10 Å². The first kappa shape index (κ1) is 14.1. The molecule has 6 heteroatoms. The maximum absolute atomic E-state index is 12.0. The van der Waals surface area contributed by atoms with Crippen LogP contribution in [0.15, 0.2) is 24.3 Å². The number of anilines is 1. The van der Waals surface area contributed by atoms with Crippen molar-refractivity contribution >= 4 is 11.7 Å². The molecule has 0 spiro atoms. The van der Waals surface area contributed by atoms with Crippen molar-refractivity contribution in [2.75, 3.05) is 5.73 Å². The molecule has 1 aromatic heterocycles. The number of hydrogen-bond donors (Lipinski definition) is 2. The molecule has 1 heterocycles. The van der Waals surface area contributed by atoms with Gasteiger partial charge >= 0.3 is 5.97 Å². The molecule has 0 unspecified atom stereocenters. The lowest BCUT2D eigenvalue weighted by Crippen LogP contribution is -2.12. The molecule has 1 aromatic carbocycles. The van der Waals surface area contributed by atoms with Gasteiger partial charge in [-0.25, -0.2) is 4.79 Å². The highest BCUT2D eigenvalue weighted by Crippen LogP contribution is 2.17. The van der Waals surface area contributed by atoms with Gasteiger partial charge in [0.25, 0.3) is 0 Å². The number of aromatic nitrogens is 2. The third-order valence-corrected chi connectivity index (χ3v) is 3.04. The van der Waals surface area contributed by atoms with E-state index in [2.05, 4.69) is 5.10 Å². The van der Waals surface area contributed by atoms with Crippen LogP contribution in [-0.2, 0) is 25.0 Å². The fourth-order valence-electron chi connectivity index (χ4n) is 1.87. The van der Waals surface area contributed by atoms with Crippen molar-refractivity contribution in [1.82, 2.24) is 9.78 Å². The summed E-state index contributed by atoms with van der Waals surface area (Å²) in [5.41, 5.74) is 8.65. The number of nitrogen functional groups attached to an aromatic ring is 1. The minimum atomic E-state index is -0.503. The van der Waals surface area contributed by atoms with Crippen LogP contribution in [-0.4, -0.2) is 20.9 Å². The Labute approximate surface area is 116 Å². The molecule has 0 atom stereocenters. The summed E-state index contributed by atoms with van der Waals surface area (Å²) in [6.07, 6.45) is 0. The number of benzene rings is 1. The van der Waals surface area contributed by atoms with Crippen LogP contribution in [0.1, 0.15) is 27.3 Å². The largest absolute Gasteiger partial charge is 0.456 e. The quantitative estimate of drug-likeness (QED) is 0.817. The molecule has 2 aromatic rings. The third-order valence-electron chi connectivity index (χ3n) is 3.04. The summed E-state index contributed by atoms with van der Waals surface area (Å²) in [5, 5.41) is 13.0. The minimum absolute atomic E-state index is 0.00903. The van der Waals surface area contributed by atoms with Crippen molar-refractivity contribution in [3.63, 3.8) is 0 Å². The van der Waals surface area contributed by atoms with Gasteiger partial charge in [-0.3, -0.25) is 4.68 Å². The summed E-state index contributed by atoms with van der Waals surface area (Å²) in [7, 11) is 1.65. The molecule has 6 nitrogen and oxygen atoms in total. The first-order chi connectivity index (χ1) is 9.52. The van der Waals surface area contributed by atoms with Crippen LogP contribution in [0.2, 0.25) is 0 Å². The van der Waals surface area contributed by atoms with Crippen molar-refractivity contribution in [3.8, 4) is 0 Å². The first-order valence-electron chi connectivity index (χ1n) is 6.17. The van der Waals surface area contributed by atoms with Gasteiger partial charge in [0.15, 0.2) is 5.69 Å². The zero-order chi connectivity index (χ0) is 14.7. The van der Waals surface area contributed by atoms with Gasteiger partial charge in [0, 0.05) is 7.05 Å². The van der Waals surface area contributed by atoms with Crippen LogP contribution >= 0.6 is 0 Å². The van der Waals surface area contributed by atoms with E-state index in [1.807, 2.05) is 0 Å². The molecule has 0 fully saturated rings. The van der Waals surface area contributed by atoms with Crippen LogP contribution in [0.25, 0.3) is 0 Å². The second-order valence-electron chi connectivity index (χ2n) is 4.52. The third kappa shape index (κ3) is 2.80. The van der Waals surface area contributed by atoms with Crippen molar-refractivity contribution in [2.24, 2.45) is 7.05 Å². The second kappa shape index (κ2) is 5.75. The number of hydrogen-bond acceptors (Lipinski definition) is 5. The molecule has 3 N–H and O–H groups in total. The molecule has 2 rings (SSSR count). The fourth-order valence-corrected chi connectivity index (χ4v) is 1.87. The zero-order valence-corrected chi connectivity index (χ0v) is 11.5. The summed E-state index contributed by atoms with van der Waals surface area (Å²) < 4.78 is 6.64. The molecule has 0 aliphatic heterocycles. The lowest BCUT2D eigenvalue weighted by Gasteiger charge is -2.06. The Balaban J connectivity index is 2.04. The van der Waals surface area contributed by atoms with Crippen LogP contribution in [0.4, 0.5) is 5.69 Å². The molecule has 106 valence electrons. The van der Waals surface area contributed by atoms with Gasteiger partial charge in [0.2, 0.25) is 0 Å². The number of esters is 1. The summed E-state index contributed by atoms with van der Waals surface area (Å²) in [4.78, 5) is 12.0. The summed E-state index contributed by atoms with van der Waals surface area (Å²) >= 11 is 0. The number of carbonyl (C=O) groups is 1. The standard InChI is InChI=1S/C14H17N3O3/c1-9-12(15)13(17(2)16-9)14(19)20-8-11-5-3-10(7-18)4-6-11/h3-6,18H,7-8,15H2,1-2H3. The van der Waals surface area contributed by atoms with E-state index in [9.17, 15) is 4.79 Å². The molecule has 0 radical (unpaired) electrons. The van der Waals surface area contributed by atoms with Gasteiger partial charge in [0.1, 0.15) is 6.61 Å². The van der Waals surface area contributed by atoms with E-state index in [0.29, 0.717) is 11.4 Å². The molecule has 20 heavy (non-hydrogen) atoms. The van der Waals surface area contributed by atoms with Gasteiger partial charge < -0.3 is 15.6 Å². The van der Waals surface area contributed by atoms with Crippen molar-refractivity contribution in [2.45, 2.75) is 20.1 Å². The summed E-state index contributed by atoms with van der Waals surface area (Å²) in [6.45, 7) is 1.87. The summed E-state index contributed by atoms with van der Waals surface area (Å²) in [5.74, 6) is -0.503. The Morgan fingerprint density at radius 2 is 1.95 bits per heavy atom. The molecular formula is C14H17N3O3. The number of aliphatic hydroxyl groups excluding tert-OH is 1. The Bertz CT molecular complexity index is 617. The maximum atomic E-state index is 12.0. The van der Waals surface area contributed by atoms with Gasteiger partial charge in [-0.15, -0.1) is 0 Å². The number of nitrogens with zero attached hydrogens (tertiary/aromatic N) is 2. The molecule has 0 aliphatic rings. The topological polar surface area (TPSA) is 90.4 Å². The molecular weight excluding hydrogens is 258 g/mol. The Kier molecular flexibility index (Phi) is 4.05. The lowest BCUT2D eigenvalue weighted by molar-refractivity contribution is 0.0461. The van der Waals surface area contributed by atoms with Crippen molar-refractivity contribution in [1.29, 1.82) is 0 Å². The molecule has 0 aliphatic carbocycles. The van der Waals surface area contributed by atoms with E-state index in [1.165, 1.54) is 4.68 Å². The molecule has 0 amide bonds. The Morgan fingerprint density at radius 3 is 2.45 bits per heavy atom. The number of aryl methyl sites for hydroxylation is 2. The smallest absolute Gasteiger partial charge is 0.359 e. The number of carbonyl (C=O) groups excluding carboxylic acids is 1. The molecule has 0 bridgehead atoms. The van der Waals surface area contributed by atoms with E-state index in [0.717, 1.165) is 11.1 Å². The van der Waals surface area contributed by atoms with Crippen LogP contribution < -0.4 is 5.73 Å². The van der Waals surface area contributed by atoms with Crippen LogP contribution in [0.5, 0.6) is 0 Å². The predicted molar refractivity (Wildman–Crippen MR) is 73.8 cm³/mol. The first-order valence-corrected chi connectivity index (χ1v) is 6.17. The van der Waals surface area contributed by atoms with Crippen LogP contribution in [0.3, 0.4) is 0 Å². The maximum Gasteiger partial charge on any atom is 0.359 e. The monoisotopic (exact) mass is 275 g/mol. The minimum Gasteiger partial charge on any atom is -0.456 e. The SMILES string of the molecule is Cc1nn(C)c(C(=O)OCc2ccc(CO)cc2)c1N. The Hall–Kier alpha value is -2.34. The van der Waals surface area contributed by atoms with E-state index in [4.69, 9.17) is 15.6 Å². The Morgan fingerprint density at radius 1 is 1.35 bits per heavy atom. The average Bonchev–Trinajstić information content (AvgIpc) is 2.70. The summed E-state index contributed by atoms with van der Waals surface area (Å²) in [6, 6.07) is 7.17. The number of rotatable bonds is 4. The van der Waals surface area contributed by atoms with E-state index in [1.54, 1.807) is 38.2 Å². The predicted octanol–water partition coefficient (Wildman–Crippen LogP) is 1.16. The van der Waals surface area contributed by atoms with Gasteiger partial charge in [-0.1, -0.05) is 24.3 Å². The lowest BCUT2D eigenvalue weighted by atomic mass is 10.1. The highest BCUT2D eigenvalue weighted by molar-refractivity contribution is 5.93. The van der Waals surface area contributed by atoms with Gasteiger partial charge in [-0.05, 0) is 18.1 Å². The highest BCUT2D eigenvalue weighted by atomic mass is 16.5. The van der Waals surface area contributed by atoms with E-state index < -0.39 is 5.97 Å². The van der Waals surface area contributed by atoms with E-state index in [-0.39, 0.29) is 18.9 Å². The zero-order valence-electron chi connectivity index (χ0n) is 11.5. The number of aliphatic hydroxyl groups is 1. The second-order valence-corrected chi connectivity index (χ2v) is 4.52. The van der Waals surface area contributed by atoms with Crippen molar-refractivity contribution < 1.29 is 14.6 Å². The van der Waals surface area contributed by atoms with Gasteiger partial charge in [0.05, 0.1) is 18.0 Å². The average molecular weight is 275 g/mol. The van der Waals surface area contributed by atoms with Crippen LogP contribution in [0, 0.1) is 6.92 Å². The fraction of sp³-hybridized carbons (Fsp3) is 0.286.